The minimum atomic E-state index is -4.63. The second-order valence-electron chi connectivity index (χ2n) is 8.38. The molecule has 0 spiro atoms. The fraction of sp³-hybridized carbons (Fsp3) is 0.154. The van der Waals surface area contributed by atoms with Crippen molar-refractivity contribution in [2.75, 3.05) is 19.1 Å². The predicted molar refractivity (Wildman–Crippen MR) is 131 cm³/mol. The lowest BCUT2D eigenvalue weighted by Crippen LogP contribution is -2.17. The number of halogens is 3. The predicted octanol–water partition coefficient (Wildman–Crippen LogP) is 5.24. The van der Waals surface area contributed by atoms with Crippen LogP contribution in [0.3, 0.4) is 0 Å². The number of alkyl halides is 3. The number of aromatic nitrogens is 5. The van der Waals surface area contributed by atoms with Gasteiger partial charge >= 0.3 is 6.18 Å². The van der Waals surface area contributed by atoms with Gasteiger partial charge in [0.2, 0.25) is 5.88 Å². The zero-order valence-corrected chi connectivity index (χ0v) is 19.8. The number of H-pyrrole nitrogens is 2. The highest BCUT2D eigenvalue weighted by atomic mass is 19.4. The summed E-state index contributed by atoms with van der Waals surface area (Å²) in [5, 5.41) is 0. The average molecular weight is 506 g/mol. The van der Waals surface area contributed by atoms with Crippen molar-refractivity contribution in [3.05, 3.63) is 89.4 Å². The zero-order chi connectivity index (χ0) is 26.2. The van der Waals surface area contributed by atoms with Gasteiger partial charge in [-0.05, 0) is 17.7 Å². The number of fused-ring (bicyclic) bond motifs is 1. The van der Waals surface area contributed by atoms with Gasteiger partial charge in [-0.1, -0.05) is 24.3 Å². The molecular formula is C26H21F3N6O2. The maximum atomic E-state index is 13.4. The van der Waals surface area contributed by atoms with Crippen LogP contribution in [0.15, 0.2) is 67.1 Å². The van der Waals surface area contributed by atoms with Crippen LogP contribution in [-0.2, 0) is 12.7 Å². The lowest BCUT2D eigenvalue weighted by molar-refractivity contribution is -0.137. The van der Waals surface area contributed by atoms with Crippen LogP contribution in [0.25, 0.3) is 22.6 Å². The fourth-order valence-electron chi connectivity index (χ4n) is 3.96. The van der Waals surface area contributed by atoms with E-state index in [0.717, 1.165) is 11.6 Å². The summed E-state index contributed by atoms with van der Waals surface area (Å²) < 4.78 is 45.2. The van der Waals surface area contributed by atoms with Crippen LogP contribution in [-0.4, -0.2) is 44.9 Å². The van der Waals surface area contributed by atoms with Crippen molar-refractivity contribution in [2.45, 2.75) is 12.7 Å². The Balaban J connectivity index is 1.37. The average Bonchev–Trinajstić information content (AvgIpc) is 3.55. The summed E-state index contributed by atoms with van der Waals surface area (Å²) in [6, 6.07) is 11.7. The van der Waals surface area contributed by atoms with E-state index in [1.807, 2.05) is 24.1 Å². The molecule has 0 saturated heterocycles. The van der Waals surface area contributed by atoms with Gasteiger partial charge in [-0.25, -0.2) is 15.0 Å². The van der Waals surface area contributed by atoms with E-state index in [0.29, 0.717) is 40.8 Å². The first-order chi connectivity index (χ1) is 17.7. The number of aromatic amines is 2. The molecule has 0 aliphatic carbocycles. The van der Waals surface area contributed by atoms with Crippen molar-refractivity contribution >= 4 is 22.6 Å². The van der Waals surface area contributed by atoms with Gasteiger partial charge in [0.05, 0.1) is 35.6 Å². The van der Waals surface area contributed by atoms with E-state index >= 15 is 0 Å². The van der Waals surface area contributed by atoms with Crippen molar-refractivity contribution in [3.8, 4) is 17.4 Å². The third kappa shape index (κ3) is 4.88. The molecular weight excluding hydrogens is 485 g/mol. The van der Waals surface area contributed by atoms with Gasteiger partial charge in [-0.3, -0.25) is 4.79 Å². The van der Waals surface area contributed by atoms with Crippen LogP contribution in [0.5, 0.6) is 5.88 Å². The summed E-state index contributed by atoms with van der Waals surface area (Å²) in [6.07, 6.45) is 0.125. The molecule has 4 heterocycles. The van der Waals surface area contributed by atoms with E-state index in [1.165, 1.54) is 30.5 Å². The van der Waals surface area contributed by atoms with E-state index in [-0.39, 0.29) is 5.56 Å². The van der Waals surface area contributed by atoms with Gasteiger partial charge in [0.1, 0.15) is 5.82 Å². The maximum Gasteiger partial charge on any atom is 0.417 e. The van der Waals surface area contributed by atoms with Crippen LogP contribution in [0.2, 0.25) is 0 Å². The summed E-state index contributed by atoms with van der Waals surface area (Å²) in [4.78, 5) is 34.1. The van der Waals surface area contributed by atoms with Gasteiger partial charge in [-0.15, -0.1) is 0 Å². The summed E-state index contributed by atoms with van der Waals surface area (Å²) in [5.74, 6) is 0.922. The number of rotatable bonds is 7. The van der Waals surface area contributed by atoms with Crippen LogP contribution < -0.4 is 9.64 Å². The zero-order valence-electron chi connectivity index (χ0n) is 19.8. The molecule has 0 radical (unpaired) electrons. The first-order valence-corrected chi connectivity index (χ1v) is 11.2. The Morgan fingerprint density at radius 1 is 1.08 bits per heavy atom. The lowest BCUT2D eigenvalue weighted by atomic mass is 9.99. The molecule has 2 N–H and O–H groups in total. The van der Waals surface area contributed by atoms with Gasteiger partial charge < -0.3 is 19.6 Å². The number of nitrogens with one attached hydrogen (secondary N) is 2. The molecule has 8 nitrogen and oxygen atoms in total. The van der Waals surface area contributed by atoms with Crippen LogP contribution in [0.4, 0.5) is 19.0 Å². The number of hydrogen-bond donors (Lipinski definition) is 2. The Morgan fingerprint density at radius 2 is 1.89 bits per heavy atom. The molecule has 11 heteroatoms. The van der Waals surface area contributed by atoms with Crippen molar-refractivity contribution in [1.82, 2.24) is 24.9 Å². The SMILES string of the molecule is COc1ccc(CN(C)c2cc3nc(-c4cc(C(=O)c5ccccc5C(F)(F)F)c[nH]4)[nH]c3cn2)cn1. The highest BCUT2D eigenvalue weighted by Gasteiger charge is 2.35. The van der Waals surface area contributed by atoms with Gasteiger partial charge in [-0.2, -0.15) is 13.2 Å². The quantitative estimate of drug-likeness (QED) is 0.293. The van der Waals surface area contributed by atoms with E-state index in [9.17, 15) is 18.0 Å². The number of nitrogens with zero attached hydrogens (tertiary/aromatic N) is 4. The summed E-state index contributed by atoms with van der Waals surface area (Å²) >= 11 is 0. The number of pyridine rings is 2. The van der Waals surface area contributed by atoms with Crippen molar-refractivity contribution in [1.29, 1.82) is 0 Å². The second-order valence-corrected chi connectivity index (χ2v) is 8.38. The molecule has 5 aromatic rings. The van der Waals surface area contributed by atoms with E-state index in [4.69, 9.17) is 4.74 Å². The second kappa shape index (κ2) is 9.41. The number of carbonyl (C=O) groups is 1. The van der Waals surface area contributed by atoms with Gasteiger partial charge in [0.15, 0.2) is 11.6 Å². The summed E-state index contributed by atoms with van der Waals surface area (Å²) in [7, 11) is 3.46. The fourth-order valence-corrected chi connectivity index (χ4v) is 3.96. The molecule has 37 heavy (non-hydrogen) atoms. The molecule has 0 aliphatic rings. The number of anilines is 1. The summed E-state index contributed by atoms with van der Waals surface area (Å²) in [5.41, 5.74) is 1.46. The van der Waals surface area contributed by atoms with Gasteiger partial charge in [0, 0.05) is 49.2 Å². The van der Waals surface area contributed by atoms with Crippen molar-refractivity contribution in [3.63, 3.8) is 0 Å². The number of hydrogen-bond acceptors (Lipinski definition) is 6. The molecule has 5 rings (SSSR count). The molecule has 1 aromatic carbocycles. The number of imidazole rings is 1. The van der Waals surface area contributed by atoms with E-state index in [2.05, 4.69) is 24.9 Å². The Morgan fingerprint density at radius 3 is 2.62 bits per heavy atom. The van der Waals surface area contributed by atoms with Crippen molar-refractivity contribution in [2.24, 2.45) is 0 Å². The molecule has 4 aromatic heterocycles. The molecule has 0 saturated carbocycles. The number of benzene rings is 1. The normalized spacial score (nSPS) is 11.6. The lowest BCUT2D eigenvalue weighted by Gasteiger charge is -2.17. The molecule has 0 amide bonds. The Labute approximate surface area is 209 Å². The number of carbonyl (C=O) groups excluding carboxylic acids is 1. The Kier molecular flexibility index (Phi) is 6.12. The molecule has 188 valence electrons. The third-order valence-electron chi connectivity index (χ3n) is 5.85. The first kappa shape index (κ1) is 24.0. The maximum absolute atomic E-state index is 13.4. The Bertz CT molecular complexity index is 1570. The van der Waals surface area contributed by atoms with Crippen LogP contribution >= 0.6 is 0 Å². The van der Waals surface area contributed by atoms with Gasteiger partial charge in [0.25, 0.3) is 0 Å². The number of ether oxygens (including phenoxy) is 1. The third-order valence-corrected chi connectivity index (χ3v) is 5.85. The molecule has 0 unspecified atom stereocenters. The standard InChI is InChI=1S/C26H21F3N6O2/c1-35(14-15-7-8-23(37-2)32-11-15)22-10-19-21(13-31-22)34-25(33-19)20-9-16(12-30-20)24(36)17-5-3-4-6-18(17)26(27,28)29/h3-13,30H,14H2,1-2H3,(H,33,34). The smallest absolute Gasteiger partial charge is 0.417 e. The van der Waals surface area contributed by atoms with Crippen LogP contribution in [0, 0.1) is 0 Å². The van der Waals surface area contributed by atoms with Crippen LogP contribution in [0.1, 0.15) is 27.0 Å². The first-order valence-electron chi connectivity index (χ1n) is 11.2. The highest BCUT2D eigenvalue weighted by Crippen LogP contribution is 2.33. The number of methoxy groups -OCH3 is 1. The topological polar surface area (TPSA) is 99.8 Å². The highest BCUT2D eigenvalue weighted by molar-refractivity contribution is 6.10. The van der Waals surface area contributed by atoms with E-state index < -0.39 is 23.1 Å². The molecule has 0 atom stereocenters. The molecule has 0 aliphatic heterocycles. The minimum absolute atomic E-state index is 0.0961. The monoisotopic (exact) mass is 506 g/mol. The largest absolute Gasteiger partial charge is 0.481 e. The number of ketones is 1. The Hall–Kier alpha value is -4.67. The minimum Gasteiger partial charge on any atom is -0.481 e. The summed E-state index contributed by atoms with van der Waals surface area (Å²) in [6.45, 7) is 0.564. The molecule has 0 bridgehead atoms. The van der Waals surface area contributed by atoms with E-state index in [1.54, 1.807) is 25.6 Å². The van der Waals surface area contributed by atoms with Crippen molar-refractivity contribution < 1.29 is 22.7 Å². The molecule has 0 fully saturated rings.